The summed E-state index contributed by atoms with van der Waals surface area (Å²) in [6.07, 6.45) is -2.52. The summed E-state index contributed by atoms with van der Waals surface area (Å²) in [7, 11) is 0. The Morgan fingerprint density at radius 2 is 1.71 bits per heavy atom. The van der Waals surface area contributed by atoms with Gasteiger partial charge in [0.1, 0.15) is 6.61 Å². The van der Waals surface area contributed by atoms with Crippen LogP contribution in [0.25, 0.3) is 0 Å². The molecule has 0 unspecified atom stereocenters. The lowest BCUT2D eigenvalue weighted by Crippen LogP contribution is -1.79. The van der Waals surface area contributed by atoms with E-state index >= 15 is 0 Å². The van der Waals surface area contributed by atoms with Crippen LogP contribution in [0.4, 0.5) is 13.2 Å². The molecule has 0 aliphatic carbocycles. The summed E-state index contributed by atoms with van der Waals surface area (Å²) >= 11 is 0. The molecule has 1 radical (unpaired) electrons. The fraction of sp³-hybridized carbons (Fsp3) is 0.333. The Hall–Kier alpha value is -0.510. The minimum atomic E-state index is -2.52. The highest BCUT2D eigenvalue weighted by Crippen LogP contribution is 2.06. The molecule has 4 heteroatoms. The molecule has 0 aliphatic heterocycles. The van der Waals surface area contributed by atoms with Crippen LogP contribution in [0.2, 0.25) is 0 Å². The molecule has 0 spiro atoms. The van der Waals surface area contributed by atoms with Crippen LogP contribution < -0.4 is 0 Å². The van der Waals surface area contributed by atoms with Gasteiger partial charge in [0.15, 0.2) is 5.83 Å². The second-order valence-electron chi connectivity index (χ2n) is 0.810. The van der Waals surface area contributed by atoms with E-state index in [1.165, 1.54) is 0 Å². The Morgan fingerprint density at radius 3 is 1.71 bits per heavy atom. The zero-order valence-electron chi connectivity index (χ0n) is 3.25. The van der Waals surface area contributed by atoms with E-state index in [0.717, 1.165) is 0 Å². The lowest BCUT2D eigenvalue weighted by atomic mass is 10.6. The highest BCUT2D eigenvalue weighted by atomic mass is 19.3. The van der Waals surface area contributed by atoms with Crippen molar-refractivity contribution in [2.24, 2.45) is 0 Å². The monoisotopic (exact) mass is 111 g/mol. The van der Waals surface area contributed by atoms with Gasteiger partial charge in [0.2, 0.25) is 0 Å². The van der Waals surface area contributed by atoms with Crippen LogP contribution in [-0.2, 0) is 5.11 Å². The molecular formula is C3H2F3O. The summed E-state index contributed by atoms with van der Waals surface area (Å²) < 4.78 is 32.5. The van der Waals surface area contributed by atoms with Crippen molar-refractivity contribution in [3.05, 3.63) is 11.9 Å². The molecule has 0 atom stereocenters. The number of rotatable bonds is 1. The molecule has 0 heterocycles. The largest absolute Gasteiger partial charge is 0.304 e. The standard InChI is InChI=1S/C3H2F3O/c4-2(1-7)3(5)6/h1H2. The first kappa shape index (κ1) is 6.49. The molecule has 0 aromatic rings. The average Bonchev–Trinajstić information content (AvgIpc) is 1.65. The van der Waals surface area contributed by atoms with Gasteiger partial charge in [0, 0.05) is 0 Å². The van der Waals surface area contributed by atoms with Crippen molar-refractivity contribution in [3.8, 4) is 0 Å². The van der Waals surface area contributed by atoms with E-state index in [-0.39, 0.29) is 0 Å². The summed E-state index contributed by atoms with van der Waals surface area (Å²) in [6.45, 7) is -1.47. The van der Waals surface area contributed by atoms with Gasteiger partial charge in [-0.25, -0.2) is 9.50 Å². The normalized spacial score (nSPS) is 8.57. The van der Waals surface area contributed by atoms with Crippen LogP contribution in [0.3, 0.4) is 0 Å². The third-order valence-corrected chi connectivity index (χ3v) is 0.332. The summed E-state index contributed by atoms with van der Waals surface area (Å²) in [6, 6.07) is 0. The van der Waals surface area contributed by atoms with Gasteiger partial charge < -0.3 is 0 Å². The fourth-order valence-electron chi connectivity index (χ4n) is 0.0546. The van der Waals surface area contributed by atoms with Gasteiger partial charge in [-0.15, -0.1) is 0 Å². The summed E-state index contributed by atoms with van der Waals surface area (Å²) in [5.74, 6) is -1.87. The molecule has 0 rings (SSSR count). The SMILES string of the molecule is [O]CC(F)=C(F)F. The minimum Gasteiger partial charge on any atom is -0.229 e. The topological polar surface area (TPSA) is 19.9 Å². The Morgan fingerprint density at radius 1 is 1.29 bits per heavy atom. The average molecular weight is 111 g/mol. The van der Waals surface area contributed by atoms with Gasteiger partial charge in [-0.05, 0) is 0 Å². The first-order chi connectivity index (χ1) is 3.18. The van der Waals surface area contributed by atoms with E-state index in [9.17, 15) is 13.2 Å². The zero-order valence-corrected chi connectivity index (χ0v) is 3.25. The van der Waals surface area contributed by atoms with Crippen molar-refractivity contribution in [1.82, 2.24) is 0 Å². The molecule has 0 saturated carbocycles. The van der Waals surface area contributed by atoms with Gasteiger partial charge in [-0.1, -0.05) is 0 Å². The highest BCUT2D eigenvalue weighted by molar-refractivity contribution is 4.89. The Bertz CT molecular complexity index is 84.2. The van der Waals surface area contributed by atoms with E-state index in [1.54, 1.807) is 0 Å². The van der Waals surface area contributed by atoms with Crippen LogP contribution in [0, 0.1) is 0 Å². The summed E-state index contributed by atoms with van der Waals surface area (Å²) in [5, 5.41) is 9.16. The third-order valence-electron chi connectivity index (χ3n) is 0.332. The fourth-order valence-corrected chi connectivity index (χ4v) is 0.0546. The Labute approximate surface area is 38.1 Å². The van der Waals surface area contributed by atoms with Crippen molar-refractivity contribution in [2.45, 2.75) is 0 Å². The second kappa shape index (κ2) is 2.63. The molecule has 0 saturated heterocycles. The summed E-state index contributed by atoms with van der Waals surface area (Å²) in [5.41, 5.74) is 0. The maximum Gasteiger partial charge on any atom is 0.304 e. The van der Waals surface area contributed by atoms with Crippen LogP contribution in [-0.4, -0.2) is 6.61 Å². The molecule has 41 valence electrons. The van der Waals surface area contributed by atoms with E-state index < -0.39 is 18.5 Å². The predicted molar refractivity (Wildman–Crippen MR) is 15.9 cm³/mol. The molecule has 0 amide bonds. The van der Waals surface area contributed by atoms with Gasteiger partial charge >= 0.3 is 6.08 Å². The number of hydrogen-bond acceptors (Lipinski definition) is 0. The predicted octanol–water partition coefficient (Wildman–Crippen LogP) is 1.49. The van der Waals surface area contributed by atoms with Crippen LogP contribution >= 0.6 is 0 Å². The van der Waals surface area contributed by atoms with Crippen LogP contribution in [0.1, 0.15) is 0 Å². The molecular weight excluding hydrogens is 109 g/mol. The Balaban J connectivity index is 3.72. The van der Waals surface area contributed by atoms with Crippen molar-refractivity contribution in [1.29, 1.82) is 0 Å². The first-order valence-corrected chi connectivity index (χ1v) is 1.46. The maximum atomic E-state index is 11.1. The van der Waals surface area contributed by atoms with E-state index in [4.69, 9.17) is 5.11 Å². The van der Waals surface area contributed by atoms with Crippen LogP contribution in [0.15, 0.2) is 11.9 Å². The van der Waals surface area contributed by atoms with Gasteiger partial charge in [0.05, 0.1) is 0 Å². The molecule has 7 heavy (non-hydrogen) atoms. The van der Waals surface area contributed by atoms with Crippen molar-refractivity contribution >= 4 is 0 Å². The van der Waals surface area contributed by atoms with Crippen molar-refractivity contribution in [2.75, 3.05) is 6.61 Å². The molecule has 1 nitrogen and oxygen atoms in total. The lowest BCUT2D eigenvalue weighted by Gasteiger charge is -1.79. The lowest BCUT2D eigenvalue weighted by molar-refractivity contribution is 0.189. The van der Waals surface area contributed by atoms with E-state index in [0.29, 0.717) is 0 Å². The highest BCUT2D eigenvalue weighted by Gasteiger charge is 2.00. The van der Waals surface area contributed by atoms with Crippen molar-refractivity contribution in [3.63, 3.8) is 0 Å². The molecule has 0 N–H and O–H groups in total. The van der Waals surface area contributed by atoms with E-state index in [2.05, 4.69) is 0 Å². The zero-order chi connectivity index (χ0) is 5.86. The molecule has 0 aliphatic rings. The van der Waals surface area contributed by atoms with Gasteiger partial charge in [-0.3, -0.25) is 0 Å². The summed E-state index contributed by atoms with van der Waals surface area (Å²) in [4.78, 5) is 0. The van der Waals surface area contributed by atoms with Gasteiger partial charge in [0.25, 0.3) is 0 Å². The Kier molecular flexibility index (Phi) is 2.44. The quantitative estimate of drug-likeness (QED) is 0.488. The number of halogens is 3. The van der Waals surface area contributed by atoms with E-state index in [1.807, 2.05) is 0 Å². The molecule has 0 aromatic carbocycles. The minimum absolute atomic E-state index is 1.47. The smallest absolute Gasteiger partial charge is 0.229 e. The molecule has 0 bridgehead atoms. The molecule has 0 fully saturated rings. The second-order valence-corrected chi connectivity index (χ2v) is 0.810. The van der Waals surface area contributed by atoms with Crippen molar-refractivity contribution < 1.29 is 18.3 Å². The number of hydrogen-bond donors (Lipinski definition) is 0. The first-order valence-electron chi connectivity index (χ1n) is 1.46. The van der Waals surface area contributed by atoms with Gasteiger partial charge in [-0.2, -0.15) is 8.78 Å². The third kappa shape index (κ3) is 2.22. The molecule has 0 aromatic heterocycles. The maximum absolute atomic E-state index is 11.1. The van der Waals surface area contributed by atoms with Crippen LogP contribution in [0.5, 0.6) is 0 Å².